The SMILES string of the molecule is C[n+]1ccn(-c2c(C3CCCC3)cc(-c3ccccc3)cc2C2CCCC2)c1-c1ccc(F)cc1. The molecule has 6 rings (SSSR count). The van der Waals surface area contributed by atoms with Crippen LogP contribution in [0.15, 0.2) is 79.1 Å². The van der Waals surface area contributed by atoms with Crippen LogP contribution in [0.25, 0.3) is 28.2 Å². The van der Waals surface area contributed by atoms with Gasteiger partial charge in [0.05, 0.1) is 12.6 Å². The van der Waals surface area contributed by atoms with Crippen LogP contribution in [0.3, 0.4) is 0 Å². The highest BCUT2D eigenvalue weighted by Crippen LogP contribution is 2.46. The molecular weight excluding hydrogens is 431 g/mol. The minimum Gasteiger partial charge on any atom is -0.232 e. The van der Waals surface area contributed by atoms with E-state index in [1.807, 2.05) is 12.1 Å². The fourth-order valence-corrected chi connectivity index (χ4v) is 6.45. The van der Waals surface area contributed by atoms with Crippen LogP contribution in [0.5, 0.6) is 0 Å². The van der Waals surface area contributed by atoms with Gasteiger partial charge < -0.3 is 0 Å². The quantitative estimate of drug-likeness (QED) is 0.263. The zero-order chi connectivity index (χ0) is 23.8. The second kappa shape index (κ2) is 9.45. The van der Waals surface area contributed by atoms with Gasteiger partial charge in [-0.3, -0.25) is 0 Å². The van der Waals surface area contributed by atoms with E-state index >= 15 is 0 Å². The molecule has 0 atom stereocenters. The number of hydrogen-bond acceptors (Lipinski definition) is 0. The summed E-state index contributed by atoms with van der Waals surface area (Å²) < 4.78 is 18.4. The maximum Gasteiger partial charge on any atom is 0.293 e. The fourth-order valence-electron chi connectivity index (χ4n) is 6.45. The van der Waals surface area contributed by atoms with Gasteiger partial charge in [-0.05, 0) is 85.0 Å². The standard InChI is InChI=1S/C32H34FN2/c1-34-19-20-35(32(34)26-15-17-28(33)18-16-26)31-29(24-11-5-6-12-24)21-27(23-9-3-2-4-10-23)22-30(31)25-13-7-8-14-25/h2-4,9-10,15-22,24-25H,5-8,11-14H2,1H3/q+1. The molecule has 2 fully saturated rings. The first-order valence-corrected chi connectivity index (χ1v) is 13.3. The third-order valence-electron chi connectivity index (χ3n) is 8.21. The Bertz CT molecular complexity index is 1270. The van der Waals surface area contributed by atoms with Crippen molar-refractivity contribution in [1.29, 1.82) is 0 Å². The number of aryl methyl sites for hydroxylation is 1. The lowest BCUT2D eigenvalue weighted by Crippen LogP contribution is -2.29. The Morgan fingerprint density at radius 2 is 1.29 bits per heavy atom. The van der Waals surface area contributed by atoms with Crippen LogP contribution in [0, 0.1) is 5.82 Å². The second-order valence-electron chi connectivity index (χ2n) is 10.4. The number of aromatic nitrogens is 2. The molecule has 0 spiro atoms. The molecule has 0 N–H and O–H groups in total. The Morgan fingerprint density at radius 3 is 1.86 bits per heavy atom. The average Bonchev–Trinajstić information content (AvgIpc) is 3.67. The molecule has 0 unspecified atom stereocenters. The molecule has 3 aromatic carbocycles. The van der Waals surface area contributed by atoms with Crippen LogP contribution in [-0.4, -0.2) is 4.57 Å². The summed E-state index contributed by atoms with van der Waals surface area (Å²) in [6, 6.07) is 22.8. The summed E-state index contributed by atoms with van der Waals surface area (Å²) in [6.45, 7) is 0. The van der Waals surface area contributed by atoms with E-state index in [0.29, 0.717) is 11.8 Å². The van der Waals surface area contributed by atoms with Crippen LogP contribution in [0.4, 0.5) is 4.39 Å². The number of nitrogens with zero attached hydrogens (tertiary/aromatic N) is 2. The first-order chi connectivity index (χ1) is 17.2. The van der Waals surface area contributed by atoms with E-state index in [1.165, 1.54) is 79.3 Å². The predicted octanol–water partition coefficient (Wildman–Crippen LogP) is 8.09. The van der Waals surface area contributed by atoms with E-state index < -0.39 is 0 Å². The number of imidazole rings is 1. The number of rotatable bonds is 5. The predicted molar refractivity (Wildman–Crippen MR) is 140 cm³/mol. The Hall–Kier alpha value is -3.20. The van der Waals surface area contributed by atoms with Gasteiger partial charge >= 0.3 is 0 Å². The summed E-state index contributed by atoms with van der Waals surface area (Å²) >= 11 is 0. The van der Waals surface area contributed by atoms with Gasteiger partial charge in [0.2, 0.25) is 0 Å². The fraction of sp³-hybridized carbons (Fsp3) is 0.344. The molecule has 2 aliphatic carbocycles. The van der Waals surface area contributed by atoms with E-state index in [4.69, 9.17) is 0 Å². The first-order valence-electron chi connectivity index (χ1n) is 13.3. The lowest BCUT2D eigenvalue weighted by Gasteiger charge is -2.22. The lowest BCUT2D eigenvalue weighted by atomic mass is 9.84. The minimum atomic E-state index is -0.194. The maximum absolute atomic E-state index is 13.8. The van der Waals surface area contributed by atoms with Crippen molar-refractivity contribution in [3.63, 3.8) is 0 Å². The molecule has 0 aliphatic heterocycles. The number of hydrogen-bond donors (Lipinski definition) is 0. The van der Waals surface area contributed by atoms with Crippen molar-refractivity contribution in [3.8, 4) is 28.2 Å². The molecule has 3 heteroatoms. The Labute approximate surface area is 208 Å². The Balaban J connectivity index is 1.62. The summed E-state index contributed by atoms with van der Waals surface area (Å²) in [5.41, 5.74) is 8.05. The molecule has 0 bridgehead atoms. The summed E-state index contributed by atoms with van der Waals surface area (Å²) in [5.74, 6) is 2.08. The Kier molecular flexibility index (Phi) is 6.01. The van der Waals surface area contributed by atoms with E-state index in [2.05, 4.69) is 71.0 Å². The monoisotopic (exact) mass is 465 g/mol. The van der Waals surface area contributed by atoms with Crippen LogP contribution in [-0.2, 0) is 7.05 Å². The van der Waals surface area contributed by atoms with Gasteiger partial charge in [-0.1, -0.05) is 56.0 Å². The third kappa shape index (κ3) is 4.22. The minimum absolute atomic E-state index is 0.194. The molecule has 2 nitrogen and oxygen atoms in total. The number of halogens is 1. The normalized spacial score (nSPS) is 16.9. The first kappa shape index (κ1) is 22.3. The molecule has 178 valence electrons. The zero-order valence-electron chi connectivity index (χ0n) is 20.6. The molecule has 2 aliphatic rings. The van der Waals surface area contributed by atoms with Gasteiger partial charge in [-0.25, -0.2) is 8.96 Å². The van der Waals surface area contributed by atoms with Crippen molar-refractivity contribution >= 4 is 0 Å². The maximum atomic E-state index is 13.8. The number of benzene rings is 3. The average molecular weight is 466 g/mol. The highest BCUT2D eigenvalue weighted by molar-refractivity contribution is 5.71. The van der Waals surface area contributed by atoms with Gasteiger partial charge in [0, 0.05) is 11.1 Å². The second-order valence-corrected chi connectivity index (χ2v) is 10.4. The van der Waals surface area contributed by atoms with Crippen molar-refractivity contribution < 1.29 is 8.96 Å². The molecule has 0 radical (unpaired) electrons. The summed E-state index contributed by atoms with van der Waals surface area (Å²) in [6.07, 6.45) is 14.6. The molecule has 35 heavy (non-hydrogen) atoms. The molecule has 4 aromatic rings. The van der Waals surface area contributed by atoms with Crippen LogP contribution in [0.1, 0.15) is 74.3 Å². The Morgan fingerprint density at radius 1 is 0.714 bits per heavy atom. The van der Waals surface area contributed by atoms with E-state index in [-0.39, 0.29) is 5.82 Å². The highest BCUT2D eigenvalue weighted by atomic mass is 19.1. The van der Waals surface area contributed by atoms with Crippen LogP contribution in [0.2, 0.25) is 0 Å². The summed E-state index contributed by atoms with van der Waals surface area (Å²) in [5, 5.41) is 0. The lowest BCUT2D eigenvalue weighted by molar-refractivity contribution is -0.659. The van der Waals surface area contributed by atoms with Crippen molar-refractivity contribution in [1.82, 2.24) is 4.57 Å². The molecule has 2 saturated carbocycles. The molecule has 1 aromatic heterocycles. The molecule has 0 amide bonds. The van der Waals surface area contributed by atoms with E-state index in [1.54, 1.807) is 12.1 Å². The topological polar surface area (TPSA) is 8.81 Å². The van der Waals surface area contributed by atoms with Gasteiger partial charge in [0.15, 0.2) is 0 Å². The third-order valence-corrected chi connectivity index (χ3v) is 8.21. The van der Waals surface area contributed by atoms with Crippen LogP contribution < -0.4 is 4.57 Å². The van der Waals surface area contributed by atoms with Gasteiger partial charge in [0.1, 0.15) is 23.9 Å². The molecule has 1 heterocycles. The molecular formula is C32H34FN2+. The van der Waals surface area contributed by atoms with Gasteiger partial charge in [-0.15, -0.1) is 0 Å². The highest BCUT2D eigenvalue weighted by Gasteiger charge is 2.32. The van der Waals surface area contributed by atoms with E-state index in [9.17, 15) is 4.39 Å². The molecule has 0 saturated heterocycles. The van der Waals surface area contributed by atoms with Crippen LogP contribution >= 0.6 is 0 Å². The van der Waals surface area contributed by atoms with Crippen molar-refractivity contribution in [2.24, 2.45) is 7.05 Å². The van der Waals surface area contributed by atoms with Crippen molar-refractivity contribution in [3.05, 3.63) is 96.1 Å². The van der Waals surface area contributed by atoms with Gasteiger partial charge in [0.25, 0.3) is 5.82 Å². The summed E-state index contributed by atoms with van der Waals surface area (Å²) in [7, 11) is 2.10. The zero-order valence-corrected chi connectivity index (χ0v) is 20.6. The smallest absolute Gasteiger partial charge is 0.232 e. The van der Waals surface area contributed by atoms with Crippen molar-refractivity contribution in [2.75, 3.05) is 0 Å². The van der Waals surface area contributed by atoms with Gasteiger partial charge in [-0.2, -0.15) is 4.57 Å². The van der Waals surface area contributed by atoms with E-state index in [0.717, 1.165) is 11.4 Å². The van der Waals surface area contributed by atoms with Crippen molar-refractivity contribution in [2.45, 2.75) is 63.2 Å². The summed E-state index contributed by atoms with van der Waals surface area (Å²) in [4.78, 5) is 0. The largest absolute Gasteiger partial charge is 0.293 e.